The van der Waals surface area contributed by atoms with Gasteiger partial charge in [0.2, 0.25) is 0 Å². The second-order valence-corrected chi connectivity index (χ2v) is 6.51. The third kappa shape index (κ3) is 4.62. The second kappa shape index (κ2) is 7.50. The van der Waals surface area contributed by atoms with Crippen LogP contribution in [0.5, 0.6) is 11.5 Å². The first-order valence-corrected chi connectivity index (χ1v) is 8.21. The van der Waals surface area contributed by atoms with E-state index in [1.165, 1.54) is 5.56 Å². The SMILES string of the molecule is CCC(N)Cc1ccc(Oc2ccc(Cl)cc2Cl)c(Br)c1. The van der Waals surface area contributed by atoms with Crippen LogP contribution in [0.2, 0.25) is 10.0 Å². The summed E-state index contributed by atoms with van der Waals surface area (Å²) in [6.45, 7) is 2.08. The Bertz CT molecular complexity index is 634. The lowest BCUT2D eigenvalue weighted by Gasteiger charge is -2.12. The predicted molar refractivity (Wildman–Crippen MR) is 92.6 cm³/mol. The highest BCUT2D eigenvalue weighted by Gasteiger charge is 2.09. The maximum absolute atomic E-state index is 6.11. The molecular weight excluding hydrogens is 373 g/mol. The smallest absolute Gasteiger partial charge is 0.146 e. The predicted octanol–water partition coefficient (Wildman–Crippen LogP) is 5.83. The van der Waals surface area contributed by atoms with Gasteiger partial charge >= 0.3 is 0 Å². The summed E-state index contributed by atoms with van der Waals surface area (Å²) in [5.41, 5.74) is 7.15. The fraction of sp³-hybridized carbons (Fsp3) is 0.250. The van der Waals surface area contributed by atoms with E-state index in [-0.39, 0.29) is 6.04 Å². The minimum atomic E-state index is 0.175. The fourth-order valence-corrected chi connectivity index (χ4v) is 2.83. The molecule has 0 saturated heterocycles. The van der Waals surface area contributed by atoms with Gasteiger partial charge in [-0.2, -0.15) is 0 Å². The average molecular weight is 389 g/mol. The molecule has 21 heavy (non-hydrogen) atoms. The van der Waals surface area contributed by atoms with E-state index in [4.69, 9.17) is 33.7 Å². The minimum absolute atomic E-state index is 0.175. The van der Waals surface area contributed by atoms with Crippen molar-refractivity contribution in [2.24, 2.45) is 5.73 Å². The molecule has 2 nitrogen and oxygen atoms in total. The van der Waals surface area contributed by atoms with Gasteiger partial charge in [-0.1, -0.05) is 36.2 Å². The molecule has 0 aliphatic rings. The van der Waals surface area contributed by atoms with Gasteiger partial charge in [0.05, 0.1) is 9.50 Å². The molecule has 2 aromatic rings. The van der Waals surface area contributed by atoms with Gasteiger partial charge in [0.25, 0.3) is 0 Å². The van der Waals surface area contributed by atoms with Crippen LogP contribution < -0.4 is 10.5 Å². The molecule has 1 unspecified atom stereocenters. The highest BCUT2D eigenvalue weighted by molar-refractivity contribution is 9.10. The lowest BCUT2D eigenvalue weighted by atomic mass is 10.0. The van der Waals surface area contributed by atoms with Gasteiger partial charge in [0, 0.05) is 11.1 Å². The molecule has 0 saturated carbocycles. The largest absolute Gasteiger partial charge is 0.455 e. The maximum Gasteiger partial charge on any atom is 0.146 e. The maximum atomic E-state index is 6.11. The highest BCUT2D eigenvalue weighted by Crippen LogP contribution is 2.35. The first-order chi connectivity index (χ1) is 9.99. The van der Waals surface area contributed by atoms with E-state index in [0.29, 0.717) is 21.5 Å². The quantitative estimate of drug-likeness (QED) is 0.699. The Labute approximate surface area is 143 Å². The van der Waals surface area contributed by atoms with E-state index >= 15 is 0 Å². The van der Waals surface area contributed by atoms with E-state index in [2.05, 4.69) is 22.9 Å². The van der Waals surface area contributed by atoms with E-state index in [1.54, 1.807) is 18.2 Å². The Morgan fingerprint density at radius 3 is 2.48 bits per heavy atom. The number of hydrogen-bond donors (Lipinski definition) is 1. The standard InChI is InChI=1S/C16H16BrCl2NO/c1-2-12(20)7-10-3-5-15(13(17)8-10)21-16-6-4-11(18)9-14(16)19/h3-6,8-9,12H,2,7,20H2,1H3. The van der Waals surface area contributed by atoms with E-state index < -0.39 is 0 Å². The number of nitrogens with two attached hydrogens (primary N) is 1. The van der Waals surface area contributed by atoms with Crippen molar-refractivity contribution >= 4 is 39.1 Å². The monoisotopic (exact) mass is 387 g/mol. The molecule has 112 valence electrons. The summed E-state index contributed by atoms with van der Waals surface area (Å²) in [4.78, 5) is 0. The summed E-state index contributed by atoms with van der Waals surface area (Å²) >= 11 is 15.5. The Balaban J connectivity index is 2.17. The number of benzene rings is 2. The Hall–Kier alpha value is -0.740. The molecule has 1 atom stereocenters. The highest BCUT2D eigenvalue weighted by atomic mass is 79.9. The lowest BCUT2D eigenvalue weighted by molar-refractivity contribution is 0.479. The molecule has 0 spiro atoms. The lowest BCUT2D eigenvalue weighted by Crippen LogP contribution is -2.21. The Morgan fingerprint density at radius 2 is 1.86 bits per heavy atom. The first-order valence-electron chi connectivity index (χ1n) is 6.66. The van der Waals surface area contributed by atoms with E-state index in [1.807, 2.05) is 18.2 Å². The molecule has 0 aliphatic heterocycles. The zero-order valence-electron chi connectivity index (χ0n) is 11.6. The summed E-state index contributed by atoms with van der Waals surface area (Å²) in [5, 5.41) is 1.06. The summed E-state index contributed by atoms with van der Waals surface area (Å²) in [7, 11) is 0. The van der Waals surface area contributed by atoms with Crippen molar-refractivity contribution in [3.8, 4) is 11.5 Å². The number of hydrogen-bond acceptors (Lipinski definition) is 2. The molecule has 2 rings (SSSR count). The van der Waals surface area contributed by atoms with Crippen molar-refractivity contribution in [3.63, 3.8) is 0 Å². The zero-order valence-corrected chi connectivity index (χ0v) is 14.7. The van der Waals surface area contributed by atoms with E-state index in [0.717, 1.165) is 17.3 Å². The van der Waals surface area contributed by atoms with Crippen LogP contribution in [0, 0.1) is 0 Å². The van der Waals surface area contributed by atoms with Crippen molar-refractivity contribution in [1.82, 2.24) is 0 Å². The average Bonchev–Trinajstić information content (AvgIpc) is 2.44. The number of rotatable bonds is 5. The summed E-state index contributed by atoms with van der Waals surface area (Å²) in [5.74, 6) is 1.27. The molecule has 0 aromatic heterocycles. The molecule has 0 fully saturated rings. The topological polar surface area (TPSA) is 35.2 Å². The second-order valence-electron chi connectivity index (χ2n) is 4.81. The Kier molecular flexibility index (Phi) is 5.94. The van der Waals surface area contributed by atoms with Crippen LogP contribution in [0.4, 0.5) is 0 Å². The minimum Gasteiger partial charge on any atom is -0.455 e. The third-order valence-corrected chi connectivity index (χ3v) is 4.28. The van der Waals surface area contributed by atoms with Gasteiger partial charge in [-0.3, -0.25) is 0 Å². The van der Waals surface area contributed by atoms with Crippen molar-refractivity contribution < 1.29 is 4.74 Å². The van der Waals surface area contributed by atoms with Crippen LogP contribution in [0.1, 0.15) is 18.9 Å². The van der Waals surface area contributed by atoms with Gasteiger partial charge < -0.3 is 10.5 Å². The molecule has 5 heteroatoms. The van der Waals surface area contributed by atoms with Gasteiger partial charge in [-0.25, -0.2) is 0 Å². The molecular formula is C16H16BrCl2NO. The van der Waals surface area contributed by atoms with Crippen molar-refractivity contribution in [2.45, 2.75) is 25.8 Å². The van der Waals surface area contributed by atoms with Crippen LogP contribution in [-0.4, -0.2) is 6.04 Å². The summed E-state index contributed by atoms with van der Waals surface area (Å²) in [6.07, 6.45) is 1.80. The van der Waals surface area contributed by atoms with Gasteiger partial charge in [-0.05, 0) is 64.7 Å². The third-order valence-electron chi connectivity index (χ3n) is 3.13. The number of ether oxygens (including phenoxy) is 1. The zero-order chi connectivity index (χ0) is 15.4. The molecule has 2 aromatic carbocycles. The van der Waals surface area contributed by atoms with Gasteiger partial charge in [0.1, 0.15) is 11.5 Å². The van der Waals surface area contributed by atoms with Crippen LogP contribution in [0.15, 0.2) is 40.9 Å². The molecule has 0 radical (unpaired) electrons. The molecule has 2 N–H and O–H groups in total. The first kappa shape index (κ1) is 16.6. The van der Waals surface area contributed by atoms with Gasteiger partial charge in [-0.15, -0.1) is 0 Å². The van der Waals surface area contributed by atoms with Crippen molar-refractivity contribution in [3.05, 3.63) is 56.5 Å². The van der Waals surface area contributed by atoms with Crippen molar-refractivity contribution in [1.29, 1.82) is 0 Å². The van der Waals surface area contributed by atoms with Gasteiger partial charge in [0.15, 0.2) is 0 Å². The summed E-state index contributed by atoms with van der Waals surface area (Å²) < 4.78 is 6.68. The van der Waals surface area contributed by atoms with Crippen LogP contribution in [0.25, 0.3) is 0 Å². The summed E-state index contributed by atoms with van der Waals surface area (Å²) in [6, 6.07) is 11.3. The number of halogens is 3. The van der Waals surface area contributed by atoms with Crippen LogP contribution >= 0.6 is 39.1 Å². The van der Waals surface area contributed by atoms with E-state index in [9.17, 15) is 0 Å². The molecule has 0 bridgehead atoms. The van der Waals surface area contributed by atoms with Crippen LogP contribution in [0.3, 0.4) is 0 Å². The van der Waals surface area contributed by atoms with Crippen molar-refractivity contribution in [2.75, 3.05) is 0 Å². The van der Waals surface area contributed by atoms with Crippen LogP contribution in [-0.2, 0) is 6.42 Å². The molecule has 0 amide bonds. The molecule has 0 heterocycles. The normalized spacial score (nSPS) is 12.2. The molecule has 0 aliphatic carbocycles. The fourth-order valence-electron chi connectivity index (χ4n) is 1.88. The Morgan fingerprint density at radius 1 is 1.14 bits per heavy atom.